The zero-order chi connectivity index (χ0) is 10.4. The zero-order valence-electron chi connectivity index (χ0n) is 8.66. The number of hydrogen-bond donors (Lipinski definition) is 0. The van der Waals surface area contributed by atoms with Crippen LogP contribution in [0.15, 0.2) is 0 Å². The first-order valence-electron chi connectivity index (χ1n) is 4.47. The largest absolute Gasteiger partial charge is 0.338 e. The van der Waals surface area contributed by atoms with Crippen molar-refractivity contribution in [1.29, 1.82) is 0 Å². The summed E-state index contributed by atoms with van der Waals surface area (Å²) in [6.45, 7) is 5.34. The Morgan fingerprint density at radius 2 is 1.92 bits per heavy atom. The van der Waals surface area contributed by atoms with Crippen LogP contribution in [0, 0.1) is 5.92 Å². The van der Waals surface area contributed by atoms with Crippen LogP contribution in [0.5, 0.6) is 0 Å². The lowest BCUT2D eigenvalue weighted by Crippen LogP contribution is -2.31. The quantitative estimate of drug-likeness (QED) is 0.627. The maximum atomic E-state index is 11.1. The topological polar surface area (TPSA) is 46.6 Å². The fourth-order valence-electron chi connectivity index (χ4n) is 0.663. The maximum absolute atomic E-state index is 11.1. The van der Waals surface area contributed by atoms with E-state index in [2.05, 4.69) is 0 Å². The summed E-state index contributed by atoms with van der Waals surface area (Å²) in [6, 6.07) is 0. The van der Waals surface area contributed by atoms with E-state index in [0.29, 0.717) is 6.42 Å². The Morgan fingerprint density at radius 1 is 1.38 bits per heavy atom. The monoisotopic (exact) mass is 187 g/mol. The summed E-state index contributed by atoms with van der Waals surface area (Å²) < 4.78 is 0. The summed E-state index contributed by atoms with van der Waals surface area (Å²) >= 11 is 0. The molecule has 0 unspecified atom stereocenters. The Balaban J connectivity index is 3.92. The summed E-state index contributed by atoms with van der Waals surface area (Å²) in [6.07, 6.45) is 1.16. The van der Waals surface area contributed by atoms with Crippen molar-refractivity contribution in [2.24, 2.45) is 5.92 Å². The molecule has 0 aromatic carbocycles. The van der Waals surface area contributed by atoms with Crippen molar-refractivity contribution in [3.05, 3.63) is 0 Å². The first kappa shape index (κ1) is 11.9. The summed E-state index contributed by atoms with van der Waals surface area (Å²) in [5, 5.41) is 1.01. The molecule has 0 spiro atoms. The third-order valence-corrected chi connectivity index (χ3v) is 1.51. The predicted octanol–water partition coefficient (Wildman–Crippen LogP) is 1.36. The normalized spacial score (nSPS) is 9.92. The molecule has 0 aromatic heterocycles. The van der Waals surface area contributed by atoms with Crippen molar-refractivity contribution in [1.82, 2.24) is 5.06 Å². The van der Waals surface area contributed by atoms with Crippen molar-refractivity contribution >= 4 is 11.9 Å². The van der Waals surface area contributed by atoms with E-state index in [1.165, 1.54) is 7.05 Å². The number of carbonyl (C=O) groups excluding carboxylic acids is 2. The number of carbonyl (C=O) groups is 2. The van der Waals surface area contributed by atoms with Crippen LogP contribution < -0.4 is 0 Å². The average molecular weight is 187 g/mol. The van der Waals surface area contributed by atoms with Crippen LogP contribution in [0.25, 0.3) is 0 Å². The van der Waals surface area contributed by atoms with Gasteiger partial charge in [-0.25, -0.2) is 4.79 Å². The Morgan fingerprint density at radius 3 is 2.31 bits per heavy atom. The van der Waals surface area contributed by atoms with E-state index in [9.17, 15) is 9.59 Å². The first-order chi connectivity index (χ1) is 5.99. The van der Waals surface area contributed by atoms with Crippen LogP contribution in [-0.2, 0) is 14.4 Å². The molecule has 0 radical (unpaired) electrons. The molecule has 0 saturated carbocycles. The molecule has 1 amide bonds. The molecular weight excluding hydrogens is 170 g/mol. The molecule has 0 aliphatic carbocycles. The molecule has 4 nitrogen and oxygen atoms in total. The van der Waals surface area contributed by atoms with Crippen molar-refractivity contribution < 1.29 is 14.4 Å². The number of amides is 1. The number of hydroxylamine groups is 2. The van der Waals surface area contributed by atoms with Gasteiger partial charge in [0, 0.05) is 13.5 Å². The van der Waals surface area contributed by atoms with Gasteiger partial charge in [0.15, 0.2) is 0 Å². The summed E-state index contributed by atoms with van der Waals surface area (Å²) in [5.41, 5.74) is 0. The standard InChI is InChI=1S/C9H17NO3/c1-5-6-8(11)10(4)13-9(12)7(2)3/h7H,5-6H2,1-4H3. The molecule has 0 atom stereocenters. The van der Waals surface area contributed by atoms with Crippen LogP contribution >= 0.6 is 0 Å². The van der Waals surface area contributed by atoms with Gasteiger partial charge in [-0.15, -0.1) is 0 Å². The summed E-state index contributed by atoms with van der Waals surface area (Å²) in [7, 11) is 1.46. The lowest BCUT2D eigenvalue weighted by molar-refractivity contribution is -0.195. The zero-order valence-corrected chi connectivity index (χ0v) is 8.66. The minimum Gasteiger partial charge on any atom is -0.338 e. The predicted molar refractivity (Wildman–Crippen MR) is 48.6 cm³/mol. The molecule has 0 aliphatic rings. The van der Waals surface area contributed by atoms with E-state index in [0.717, 1.165) is 11.5 Å². The van der Waals surface area contributed by atoms with Gasteiger partial charge in [0.05, 0.1) is 5.92 Å². The molecule has 0 aliphatic heterocycles. The van der Waals surface area contributed by atoms with E-state index in [1.54, 1.807) is 13.8 Å². The molecule has 0 heterocycles. The second-order valence-electron chi connectivity index (χ2n) is 3.21. The van der Waals surface area contributed by atoms with Crippen LogP contribution in [-0.4, -0.2) is 24.0 Å². The smallest absolute Gasteiger partial charge is 0.335 e. The van der Waals surface area contributed by atoms with Crippen molar-refractivity contribution in [3.8, 4) is 0 Å². The molecule has 0 rings (SSSR count). The molecule has 4 heteroatoms. The van der Waals surface area contributed by atoms with Gasteiger partial charge in [-0.2, -0.15) is 5.06 Å². The third-order valence-electron chi connectivity index (χ3n) is 1.51. The van der Waals surface area contributed by atoms with Gasteiger partial charge in [-0.3, -0.25) is 4.79 Å². The lowest BCUT2D eigenvalue weighted by atomic mass is 10.2. The fraction of sp³-hybridized carbons (Fsp3) is 0.778. The molecule has 0 bridgehead atoms. The van der Waals surface area contributed by atoms with Crippen LogP contribution in [0.1, 0.15) is 33.6 Å². The van der Waals surface area contributed by atoms with E-state index < -0.39 is 0 Å². The molecule has 76 valence electrons. The highest BCUT2D eigenvalue weighted by molar-refractivity contribution is 5.78. The van der Waals surface area contributed by atoms with Crippen LogP contribution in [0.4, 0.5) is 0 Å². The Kier molecular flexibility index (Phi) is 5.11. The highest BCUT2D eigenvalue weighted by Gasteiger charge is 2.15. The molecule has 0 aromatic rings. The molecule has 0 saturated heterocycles. The number of rotatable bonds is 3. The number of nitrogens with zero attached hydrogens (tertiary/aromatic N) is 1. The van der Waals surface area contributed by atoms with E-state index in [-0.39, 0.29) is 17.8 Å². The minimum absolute atomic E-state index is 0.170. The number of hydrogen-bond acceptors (Lipinski definition) is 3. The Hall–Kier alpha value is -1.06. The van der Waals surface area contributed by atoms with Gasteiger partial charge in [0.2, 0.25) is 0 Å². The lowest BCUT2D eigenvalue weighted by Gasteiger charge is -2.16. The van der Waals surface area contributed by atoms with Gasteiger partial charge < -0.3 is 4.84 Å². The summed E-state index contributed by atoms with van der Waals surface area (Å²) in [5.74, 6) is -0.764. The molecule has 13 heavy (non-hydrogen) atoms. The van der Waals surface area contributed by atoms with E-state index >= 15 is 0 Å². The highest BCUT2D eigenvalue weighted by Crippen LogP contribution is 2.01. The maximum Gasteiger partial charge on any atom is 0.335 e. The molecule has 0 N–H and O–H groups in total. The van der Waals surface area contributed by atoms with Crippen molar-refractivity contribution in [2.75, 3.05) is 7.05 Å². The second kappa shape index (κ2) is 5.56. The van der Waals surface area contributed by atoms with Crippen LogP contribution in [0.2, 0.25) is 0 Å². The summed E-state index contributed by atoms with van der Waals surface area (Å²) in [4.78, 5) is 27.0. The minimum atomic E-state index is -0.382. The van der Waals surface area contributed by atoms with Gasteiger partial charge in [0.1, 0.15) is 0 Å². The van der Waals surface area contributed by atoms with Crippen LogP contribution in [0.3, 0.4) is 0 Å². The van der Waals surface area contributed by atoms with Gasteiger partial charge in [-0.05, 0) is 6.42 Å². The Bertz CT molecular complexity index is 189. The second-order valence-corrected chi connectivity index (χ2v) is 3.21. The fourth-order valence-corrected chi connectivity index (χ4v) is 0.663. The average Bonchev–Trinajstić information content (AvgIpc) is 2.04. The first-order valence-corrected chi connectivity index (χ1v) is 4.47. The Labute approximate surface area is 78.8 Å². The molecular formula is C9H17NO3. The molecule has 0 fully saturated rings. The van der Waals surface area contributed by atoms with Crippen molar-refractivity contribution in [3.63, 3.8) is 0 Å². The van der Waals surface area contributed by atoms with Gasteiger partial charge in [-0.1, -0.05) is 20.8 Å². The van der Waals surface area contributed by atoms with Gasteiger partial charge in [0.25, 0.3) is 5.91 Å². The van der Waals surface area contributed by atoms with E-state index in [1.807, 2.05) is 6.92 Å². The van der Waals surface area contributed by atoms with E-state index in [4.69, 9.17) is 4.84 Å². The third kappa shape index (κ3) is 4.50. The van der Waals surface area contributed by atoms with Gasteiger partial charge >= 0.3 is 5.97 Å². The van der Waals surface area contributed by atoms with Crippen molar-refractivity contribution in [2.45, 2.75) is 33.6 Å². The SMILES string of the molecule is CCCC(=O)N(C)OC(=O)C(C)C. The highest BCUT2D eigenvalue weighted by atomic mass is 16.7.